The van der Waals surface area contributed by atoms with Gasteiger partial charge in [0.2, 0.25) is 0 Å². The maximum atomic E-state index is 12.9. The Morgan fingerprint density at radius 1 is 0.220 bits per heavy atom. The molecule has 14 aromatic carbocycles. The number of para-hydroxylation sites is 8. The van der Waals surface area contributed by atoms with E-state index in [4.69, 9.17) is 0 Å². The van der Waals surface area contributed by atoms with Gasteiger partial charge in [0, 0.05) is 89.4 Å². The zero-order chi connectivity index (χ0) is 60.6. The molecule has 2 aromatic heterocycles. The van der Waals surface area contributed by atoms with E-state index in [0.717, 1.165) is 140 Å². The Labute approximate surface area is 529 Å². The molecule has 0 radical (unpaired) electrons. The summed E-state index contributed by atoms with van der Waals surface area (Å²) in [6, 6.07) is 128. The third-order valence-corrected chi connectivity index (χ3v) is 17.4. The fraction of sp³-hybridized carbons (Fsp3) is 0. The minimum Gasteiger partial charge on any atom is -0.310 e. The molecule has 16 aromatic rings. The first kappa shape index (κ1) is 54.0. The number of nitrogens with zero attached hydrogens (tertiary/aromatic N) is 6. The first-order valence-electron chi connectivity index (χ1n) is 30.8. The summed E-state index contributed by atoms with van der Waals surface area (Å²) in [5.41, 5.74) is 21.0. The molecule has 0 fully saturated rings. The Morgan fingerprint density at radius 2 is 0.495 bits per heavy atom. The van der Waals surface area contributed by atoms with E-state index in [1.54, 1.807) is 0 Å². The molecule has 0 N–H and O–H groups in total. The fourth-order valence-corrected chi connectivity index (χ4v) is 13.6. The van der Waals surface area contributed by atoms with Crippen molar-refractivity contribution in [2.24, 2.45) is 0 Å². The number of aromatic nitrogens is 2. The molecular formula is C85H58N6. The molecule has 6 heteroatoms. The average molecular weight is 1160 g/mol. The van der Waals surface area contributed by atoms with Crippen molar-refractivity contribution in [2.75, 3.05) is 14.7 Å². The van der Waals surface area contributed by atoms with E-state index in [0.29, 0.717) is 5.56 Å². The van der Waals surface area contributed by atoms with Crippen LogP contribution in [0.25, 0.3) is 88.4 Å². The first-order valence-corrected chi connectivity index (χ1v) is 30.8. The fourth-order valence-electron chi connectivity index (χ4n) is 13.6. The van der Waals surface area contributed by atoms with E-state index in [-0.39, 0.29) is 0 Å². The van der Waals surface area contributed by atoms with Crippen LogP contribution in [0.15, 0.2) is 352 Å². The van der Waals surface area contributed by atoms with Crippen LogP contribution in [0.1, 0.15) is 5.56 Å². The summed E-state index contributed by atoms with van der Waals surface area (Å²) in [7, 11) is 0. The standard InChI is InChI=1S/C85H58N6/c86-59-76-84(90-77-50-27-25-48-72(77)74-57-70(52-54-79(74)90)88(65-39-17-5-18-40-65)66-41-19-6-20-42-66)82(60-30-9-1-10-31-60)81(62-34-29-47-69(56-62)87(63-35-13-3-14-36-63)64-37-15-4-16-38-64)83(61-32-11-2-12-33-61)85(76)91-78-51-28-26-49-73(78)75-58-71(53-55-80(75)91)89(67-43-21-7-22-44-67)68-45-23-8-24-46-68/h1-58H. The lowest BCUT2D eigenvalue weighted by Gasteiger charge is -2.29. The maximum absolute atomic E-state index is 12.9. The van der Waals surface area contributed by atoms with E-state index in [1.165, 1.54) is 0 Å². The Kier molecular flexibility index (Phi) is 13.9. The van der Waals surface area contributed by atoms with Gasteiger partial charge in [-0.2, -0.15) is 5.26 Å². The smallest absolute Gasteiger partial charge is 0.104 e. The molecule has 428 valence electrons. The summed E-state index contributed by atoms with van der Waals surface area (Å²) in [5.74, 6) is 0. The molecule has 0 aliphatic rings. The lowest BCUT2D eigenvalue weighted by atomic mass is 9.82. The monoisotopic (exact) mass is 1160 g/mol. The van der Waals surface area contributed by atoms with Gasteiger partial charge in [-0.05, 0) is 150 Å². The van der Waals surface area contributed by atoms with Gasteiger partial charge in [-0.3, -0.25) is 0 Å². The normalized spacial score (nSPS) is 11.3. The second-order valence-electron chi connectivity index (χ2n) is 22.7. The van der Waals surface area contributed by atoms with Crippen molar-refractivity contribution in [3.05, 3.63) is 357 Å². The zero-order valence-corrected chi connectivity index (χ0v) is 49.7. The van der Waals surface area contributed by atoms with Gasteiger partial charge in [-0.15, -0.1) is 0 Å². The first-order chi connectivity index (χ1) is 45.2. The number of benzene rings is 14. The summed E-state index contributed by atoms with van der Waals surface area (Å²) in [6.45, 7) is 0. The van der Waals surface area contributed by atoms with Crippen LogP contribution in [-0.4, -0.2) is 9.13 Å². The lowest BCUT2D eigenvalue weighted by molar-refractivity contribution is 1.12. The molecule has 2 heterocycles. The van der Waals surface area contributed by atoms with Crippen LogP contribution in [0.2, 0.25) is 0 Å². The molecule has 0 aliphatic heterocycles. The second-order valence-corrected chi connectivity index (χ2v) is 22.7. The molecule has 0 aliphatic carbocycles. The number of anilines is 9. The van der Waals surface area contributed by atoms with E-state index in [2.05, 4.69) is 382 Å². The third kappa shape index (κ3) is 9.53. The van der Waals surface area contributed by atoms with Gasteiger partial charge in [0.15, 0.2) is 0 Å². The number of hydrogen-bond acceptors (Lipinski definition) is 4. The Balaban J connectivity index is 1.07. The van der Waals surface area contributed by atoms with Crippen LogP contribution < -0.4 is 14.7 Å². The van der Waals surface area contributed by atoms with Crippen molar-refractivity contribution < 1.29 is 0 Å². The van der Waals surface area contributed by atoms with Gasteiger partial charge < -0.3 is 23.8 Å². The third-order valence-electron chi connectivity index (χ3n) is 17.4. The number of rotatable bonds is 14. The van der Waals surface area contributed by atoms with Gasteiger partial charge in [-0.1, -0.05) is 218 Å². The molecule has 91 heavy (non-hydrogen) atoms. The Morgan fingerprint density at radius 3 is 0.835 bits per heavy atom. The average Bonchev–Trinajstić information content (AvgIpc) is 1.66. The van der Waals surface area contributed by atoms with E-state index < -0.39 is 0 Å². The Bertz CT molecular complexity index is 4950. The highest BCUT2D eigenvalue weighted by atomic mass is 15.2. The molecule has 0 saturated carbocycles. The van der Waals surface area contributed by atoms with Gasteiger partial charge in [0.05, 0.1) is 33.4 Å². The molecule has 0 saturated heterocycles. The largest absolute Gasteiger partial charge is 0.310 e. The number of nitriles is 1. The summed E-state index contributed by atoms with van der Waals surface area (Å²) >= 11 is 0. The predicted octanol–water partition coefficient (Wildman–Crippen LogP) is 23.2. The molecular weight excluding hydrogens is 1100 g/mol. The molecule has 0 bridgehead atoms. The van der Waals surface area contributed by atoms with Crippen LogP contribution in [0.3, 0.4) is 0 Å². The van der Waals surface area contributed by atoms with E-state index >= 15 is 0 Å². The number of hydrogen-bond donors (Lipinski definition) is 0. The van der Waals surface area contributed by atoms with Crippen molar-refractivity contribution in [3.8, 4) is 50.8 Å². The Hall–Kier alpha value is -12.4. The van der Waals surface area contributed by atoms with Gasteiger partial charge in [0.1, 0.15) is 11.6 Å². The molecule has 0 atom stereocenters. The van der Waals surface area contributed by atoms with Crippen molar-refractivity contribution in [2.45, 2.75) is 0 Å². The summed E-state index contributed by atoms with van der Waals surface area (Å²) in [4.78, 5) is 6.97. The summed E-state index contributed by atoms with van der Waals surface area (Å²) < 4.78 is 4.78. The maximum Gasteiger partial charge on any atom is 0.104 e. The topological polar surface area (TPSA) is 43.4 Å². The number of fused-ring (bicyclic) bond motifs is 6. The van der Waals surface area contributed by atoms with Crippen molar-refractivity contribution in [3.63, 3.8) is 0 Å². The minimum atomic E-state index is 0.525. The van der Waals surface area contributed by atoms with Gasteiger partial charge in [0.25, 0.3) is 0 Å². The molecule has 0 unspecified atom stereocenters. The lowest BCUT2D eigenvalue weighted by Crippen LogP contribution is -2.12. The van der Waals surface area contributed by atoms with Gasteiger partial charge >= 0.3 is 0 Å². The van der Waals surface area contributed by atoms with E-state index in [1.807, 2.05) is 0 Å². The van der Waals surface area contributed by atoms with Crippen molar-refractivity contribution >= 4 is 94.8 Å². The van der Waals surface area contributed by atoms with Crippen molar-refractivity contribution in [1.82, 2.24) is 9.13 Å². The van der Waals surface area contributed by atoms with Crippen LogP contribution >= 0.6 is 0 Å². The highest BCUT2D eigenvalue weighted by molar-refractivity contribution is 6.16. The predicted molar refractivity (Wildman–Crippen MR) is 380 cm³/mol. The zero-order valence-electron chi connectivity index (χ0n) is 49.7. The molecule has 0 spiro atoms. The van der Waals surface area contributed by atoms with Crippen LogP contribution in [0.5, 0.6) is 0 Å². The SMILES string of the molecule is N#Cc1c(-n2c3ccccc3c3cc(N(c4ccccc4)c4ccccc4)ccc32)c(-c2ccccc2)c(-c2cccc(N(c3ccccc3)c3ccccc3)c2)c(-c2ccccc2)c1-n1c2ccccc2c2cc(N(c3ccccc3)c3ccccc3)ccc21. The van der Waals surface area contributed by atoms with Crippen LogP contribution in [0, 0.1) is 11.3 Å². The highest BCUT2D eigenvalue weighted by Crippen LogP contribution is 2.54. The quantitative estimate of drug-likeness (QED) is 0.109. The summed E-state index contributed by atoms with van der Waals surface area (Å²) in [6.07, 6.45) is 0. The second kappa shape index (κ2) is 23.3. The van der Waals surface area contributed by atoms with E-state index in [9.17, 15) is 5.26 Å². The summed E-state index contributed by atoms with van der Waals surface area (Å²) in [5, 5.41) is 17.1. The van der Waals surface area contributed by atoms with Gasteiger partial charge in [-0.25, -0.2) is 0 Å². The highest BCUT2D eigenvalue weighted by Gasteiger charge is 2.33. The van der Waals surface area contributed by atoms with Crippen molar-refractivity contribution in [1.29, 1.82) is 5.26 Å². The molecule has 16 rings (SSSR count). The molecule has 6 nitrogen and oxygen atoms in total. The minimum absolute atomic E-state index is 0.525. The van der Waals surface area contributed by atoms with Crippen LogP contribution in [-0.2, 0) is 0 Å². The van der Waals surface area contributed by atoms with Crippen LogP contribution in [0.4, 0.5) is 51.2 Å². The molecule has 0 amide bonds.